The minimum Gasteiger partial charge on any atom is -0.306 e. The quantitative estimate of drug-likeness (QED) is 0.364. The maximum absolute atomic E-state index is 12.5. The van der Waals surface area contributed by atoms with Crippen molar-refractivity contribution in [1.82, 2.24) is 9.55 Å². The number of imidazole rings is 1. The van der Waals surface area contributed by atoms with E-state index in [1.54, 1.807) is 23.8 Å². The summed E-state index contributed by atoms with van der Waals surface area (Å²) in [5, 5.41) is 0. The van der Waals surface area contributed by atoms with Crippen LogP contribution in [0.5, 0.6) is 0 Å². The Labute approximate surface area is 152 Å². The summed E-state index contributed by atoms with van der Waals surface area (Å²) in [7, 11) is -9.28. The van der Waals surface area contributed by atoms with Crippen molar-refractivity contribution in [3.63, 3.8) is 0 Å². The topological polar surface area (TPSA) is 173 Å². The normalized spacial score (nSPS) is 11.3. The van der Waals surface area contributed by atoms with E-state index in [-0.39, 0.29) is 7.43 Å². The van der Waals surface area contributed by atoms with Crippen LogP contribution in [0.1, 0.15) is 18.7 Å². The summed E-state index contributed by atoms with van der Waals surface area (Å²) in [6.45, 7) is 1.78. The number of hydrogen-bond donors (Lipinski definition) is 6. The minimum atomic E-state index is -4.64. The largest absolute Gasteiger partial charge is 0.466 e. The molecule has 0 radical (unpaired) electrons. The van der Waals surface area contributed by atoms with Crippen molar-refractivity contribution >= 4 is 15.6 Å². The smallest absolute Gasteiger partial charge is 0.306 e. The van der Waals surface area contributed by atoms with Crippen LogP contribution in [0.15, 0.2) is 36.8 Å². The predicted molar refractivity (Wildman–Crippen MR) is 88.6 cm³/mol. The maximum Gasteiger partial charge on any atom is 0.466 e. The van der Waals surface area contributed by atoms with E-state index < -0.39 is 27.4 Å². The monoisotopic (exact) mass is 438 g/mol. The van der Waals surface area contributed by atoms with Crippen molar-refractivity contribution in [2.45, 2.75) is 20.5 Å². The number of rotatable bonds is 1. The molecule has 0 aliphatic rings. The van der Waals surface area contributed by atoms with Gasteiger partial charge in [0.2, 0.25) is 0 Å². The Morgan fingerprint density at radius 2 is 1.44 bits per heavy atom. The molecule has 10 nitrogen and oxygen atoms in total. The Morgan fingerprint density at radius 1 is 1.00 bits per heavy atom. The molecule has 0 saturated heterocycles. The molecule has 2 aromatic rings. The molecule has 1 aromatic carbocycles. The van der Waals surface area contributed by atoms with E-state index in [0.717, 1.165) is 17.8 Å². The maximum atomic E-state index is 12.5. The molecule has 27 heavy (non-hydrogen) atoms. The molecule has 0 spiro atoms. The van der Waals surface area contributed by atoms with Gasteiger partial charge >= 0.3 is 21.8 Å². The summed E-state index contributed by atoms with van der Waals surface area (Å²) >= 11 is 0. The molecule has 156 valence electrons. The number of alkyl halides is 3. The van der Waals surface area contributed by atoms with Crippen molar-refractivity contribution in [1.29, 1.82) is 0 Å². The molecule has 0 fully saturated rings. The average molecular weight is 438 g/mol. The van der Waals surface area contributed by atoms with E-state index in [9.17, 15) is 13.2 Å². The number of aryl methyl sites for hydroxylation is 1. The second-order valence-electron chi connectivity index (χ2n) is 4.50. The lowest BCUT2D eigenvalue weighted by Gasteiger charge is -2.08. The van der Waals surface area contributed by atoms with Gasteiger partial charge in [-0.15, -0.1) is 0 Å². The molecule has 0 atom stereocenters. The third-order valence-electron chi connectivity index (χ3n) is 2.18. The number of aromatic nitrogens is 2. The van der Waals surface area contributed by atoms with Crippen LogP contribution in [0.25, 0.3) is 5.69 Å². The number of phosphoric acid groups is 2. The van der Waals surface area contributed by atoms with E-state index in [1.807, 2.05) is 0 Å². The molecular weight excluding hydrogens is 419 g/mol. The molecule has 15 heteroatoms. The van der Waals surface area contributed by atoms with E-state index in [2.05, 4.69) is 4.98 Å². The highest BCUT2D eigenvalue weighted by atomic mass is 31.2. The van der Waals surface area contributed by atoms with Gasteiger partial charge in [-0.05, 0) is 25.1 Å². The van der Waals surface area contributed by atoms with Gasteiger partial charge in [0.05, 0.1) is 17.6 Å². The van der Waals surface area contributed by atoms with Gasteiger partial charge in [-0.3, -0.25) is 0 Å². The van der Waals surface area contributed by atoms with Crippen molar-refractivity contribution in [2.24, 2.45) is 0 Å². The molecule has 0 unspecified atom stereocenters. The highest BCUT2D eigenvalue weighted by Gasteiger charge is 2.30. The zero-order valence-corrected chi connectivity index (χ0v) is 14.7. The first-order chi connectivity index (χ1) is 11.5. The highest BCUT2D eigenvalue weighted by Crippen LogP contribution is 2.30. The lowest BCUT2D eigenvalue weighted by Crippen LogP contribution is -2.05. The Kier molecular flexibility index (Phi) is 11.0. The van der Waals surface area contributed by atoms with Crippen LogP contribution in [-0.2, 0) is 15.3 Å². The standard InChI is InChI=1S/C11H9F3N2.CH4.2H3O4P/c1-8-6-16(7-15-8)10-4-2-3-9(5-10)11(12,13)14;;2*1-5(2,3)4/h2-7H,1H3;1H4;2*(H3,1,2,3,4). The lowest BCUT2D eigenvalue weighted by molar-refractivity contribution is -0.137. The van der Waals surface area contributed by atoms with Gasteiger partial charge in [-0.2, -0.15) is 13.2 Å². The highest BCUT2D eigenvalue weighted by molar-refractivity contribution is 7.45. The summed E-state index contributed by atoms with van der Waals surface area (Å²) in [4.78, 5) is 47.1. The van der Waals surface area contributed by atoms with Crippen LogP contribution in [0, 0.1) is 6.92 Å². The lowest BCUT2D eigenvalue weighted by atomic mass is 10.2. The second kappa shape index (κ2) is 10.7. The first-order valence-corrected chi connectivity index (χ1v) is 9.34. The van der Waals surface area contributed by atoms with Crippen LogP contribution in [-0.4, -0.2) is 38.9 Å². The van der Waals surface area contributed by atoms with E-state index in [1.165, 1.54) is 12.4 Å². The van der Waals surface area contributed by atoms with Crippen LogP contribution < -0.4 is 0 Å². The van der Waals surface area contributed by atoms with Crippen molar-refractivity contribution in [2.75, 3.05) is 0 Å². The van der Waals surface area contributed by atoms with Gasteiger partial charge in [0.25, 0.3) is 0 Å². The summed E-state index contributed by atoms with van der Waals surface area (Å²) in [6.07, 6.45) is -1.15. The van der Waals surface area contributed by atoms with E-state index in [4.69, 9.17) is 38.5 Å². The third kappa shape index (κ3) is 16.3. The summed E-state index contributed by atoms with van der Waals surface area (Å²) in [5.41, 5.74) is 0.559. The molecule has 0 bridgehead atoms. The van der Waals surface area contributed by atoms with Crippen LogP contribution in [0.4, 0.5) is 13.2 Å². The molecule has 1 heterocycles. The Morgan fingerprint density at radius 3 is 1.78 bits per heavy atom. The Balaban J connectivity index is 0. The first-order valence-electron chi connectivity index (χ1n) is 6.21. The van der Waals surface area contributed by atoms with Gasteiger partial charge in [0.15, 0.2) is 0 Å². The predicted octanol–water partition coefficient (Wildman–Crippen LogP) is 1.98. The fourth-order valence-electron chi connectivity index (χ4n) is 1.41. The van der Waals surface area contributed by atoms with Gasteiger partial charge in [0, 0.05) is 11.9 Å². The van der Waals surface area contributed by atoms with Crippen molar-refractivity contribution in [3.05, 3.63) is 48.0 Å². The second-order valence-corrected chi connectivity index (χ2v) is 6.55. The Bertz CT molecular complexity index is 763. The van der Waals surface area contributed by atoms with Gasteiger partial charge in [-0.1, -0.05) is 13.5 Å². The average Bonchev–Trinajstić information content (AvgIpc) is 2.81. The molecular formula is C12H19F3N2O8P2. The van der Waals surface area contributed by atoms with Crippen molar-refractivity contribution < 1.29 is 51.7 Å². The number of hydrogen-bond acceptors (Lipinski definition) is 3. The van der Waals surface area contributed by atoms with Crippen LogP contribution >= 0.6 is 15.6 Å². The van der Waals surface area contributed by atoms with Crippen LogP contribution in [0.3, 0.4) is 0 Å². The molecule has 0 amide bonds. The molecule has 0 aliphatic carbocycles. The van der Waals surface area contributed by atoms with Gasteiger partial charge in [0.1, 0.15) is 0 Å². The summed E-state index contributed by atoms with van der Waals surface area (Å²) in [5.74, 6) is 0. The van der Waals surface area contributed by atoms with E-state index in [0.29, 0.717) is 5.69 Å². The number of halogens is 3. The van der Waals surface area contributed by atoms with Gasteiger partial charge < -0.3 is 33.9 Å². The molecule has 6 N–H and O–H groups in total. The van der Waals surface area contributed by atoms with Crippen LogP contribution in [0.2, 0.25) is 0 Å². The molecule has 0 saturated carbocycles. The third-order valence-corrected chi connectivity index (χ3v) is 2.18. The Hall–Kier alpha value is -1.56. The summed E-state index contributed by atoms with van der Waals surface area (Å²) in [6, 6.07) is 5.14. The number of benzene rings is 1. The van der Waals surface area contributed by atoms with Crippen molar-refractivity contribution in [3.8, 4) is 5.69 Å². The number of nitrogens with zero attached hydrogens (tertiary/aromatic N) is 2. The molecule has 0 aliphatic heterocycles. The SMILES string of the molecule is C.Cc1cn(-c2cccc(C(F)(F)F)c2)cn1.O=P(O)(O)O.O=P(O)(O)O. The fraction of sp³-hybridized carbons (Fsp3) is 0.250. The van der Waals surface area contributed by atoms with E-state index >= 15 is 0 Å². The first kappa shape index (κ1) is 27.7. The summed E-state index contributed by atoms with van der Waals surface area (Å²) < 4.78 is 56.7. The molecule has 1 aromatic heterocycles. The van der Waals surface area contributed by atoms with Gasteiger partial charge in [-0.25, -0.2) is 14.1 Å². The zero-order valence-electron chi connectivity index (χ0n) is 12.9. The molecule has 2 rings (SSSR count). The zero-order chi connectivity index (χ0) is 20.8. The fourth-order valence-corrected chi connectivity index (χ4v) is 1.41. The minimum absolute atomic E-state index is 0.